The molecule has 0 radical (unpaired) electrons. The quantitative estimate of drug-likeness (QED) is 0.801. The summed E-state index contributed by atoms with van der Waals surface area (Å²) in [7, 11) is 1.82. The Labute approximate surface area is 101 Å². The highest BCUT2D eigenvalue weighted by Gasteiger charge is 2.15. The van der Waals surface area contributed by atoms with E-state index in [1.165, 1.54) is 0 Å². The Morgan fingerprint density at radius 1 is 1.69 bits per heavy atom. The number of rotatable bonds is 5. The maximum absolute atomic E-state index is 11.9. The summed E-state index contributed by atoms with van der Waals surface area (Å²) in [5.74, 6) is 0.484. The predicted octanol–water partition coefficient (Wildman–Crippen LogP) is 1.73. The molecule has 0 bridgehead atoms. The number of nitrogens with one attached hydrogen (secondary N) is 1. The topological polar surface area (TPSA) is 46.9 Å². The average molecular weight is 244 g/mol. The van der Waals surface area contributed by atoms with Crippen molar-refractivity contribution in [2.75, 3.05) is 5.88 Å². The van der Waals surface area contributed by atoms with E-state index in [-0.39, 0.29) is 11.9 Å². The number of hydrogen-bond donors (Lipinski definition) is 1. The van der Waals surface area contributed by atoms with Crippen LogP contribution in [-0.2, 0) is 13.5 Å². The number of halogens is 1. The van der Waals surface area contributed by atoms with Gasteiger partial charge < -0.3 is 5.32 Å². The van der Waals surface area contributed by atoms with Gasteiger partial charge in [0.25, 0.3) is 5.91 Å². The molecule has 0 aliphatic rings. The maximum Gasteiger partial charge on any atom is 0.254 e. The van der Waals surface area contributed by atoms with E-state index in [4.69, 9.17) is 11.6 Å². The summed E-state index contributed by atoms with van der Waals surface area (Å²) in [4.78, 5) is 11.9. The van der Waals surface area contributed by atoms with E-state index in [0.29, 0.717) is 11.4 Å². The van der Waals surface area contributed by atoms with Gasteiger partial charge in [0.2, 0.25) is 0 Å². The summed E-state index contributed by atoms with van der Waals surface area (Å²) >= 11 is 5.62. The van der Waals surface area contributed by atoms with Crippen LogP contribution in [0.25, 0.3) is 0 Å². The molecule has 16 heavy (non-hydrogen) atoms. The van der Waals surface area contributed by atoms with E-state index in [2.05, 4.69) is 10.4 Å². The number of aryl methyl sites for hydroxylation is 2. The molecule has 1 unspecified atom stereocenters. The van der Waals surface area contributed by atoms with Gasteiger partial charge in [-0.05, 0) is 19.8 Å². The number of carbonyl (C=O) groups is 1. The standard InChI is InChI=1S/C11H18ClN3O/c1-4-10-9(7-15(3)14-10)11(16)13-8(2)5-6-12/h7-8H,4-6H2,1-3H3,(H,13,16). The van der Waals surface area contributed by atoms with Crippen LogP contribution in [0.15, 0.2) is 6.20 Å². The first-order valence-electron chi connectivity index (χ1n) is 5.47. The van der Waals surface area contributed by atoms with E-state index >= 15 is 0 Å². The van der Waals surface area contributed by atoms with Crippen LogP contribution in [0.1, 0.15) is 36.3 Å². The van der Waals surface area contributed by atoms with Crippen LogP contribution in [0.3, 0.4) is 0 Å². The van der Waals surface area contributed by atoms with Crippen molar-refractivity contribution in [1.29, 1.82) is 0 Å². The third-order valence-corrected chi connectivity index (χ3v) is 2.62. The molecule has 0 aliphatic heterocycles. The van der Waals surface area contributed by atoms with Crippen LogP contribution in [0.4, 0.5) is 0 Å². The lowest BCUT2D eigenvalue weighted by Crippen LogP contribution is -2.33. The van der Waals surface area contributed by atoms with Gasteiger partial charge in [0, 0.05) is 25.2 Å². The van der Waals surface area contributed by atoms with Gasteiger partial charge in [0.1, 0.15) is 0 Å². The Hall–Kier alpha value is -1.03. The van der Waals surface area contributed by atoms with E-state index in [1.54, 1.807) is 10.9 Å². The van der Waals surface area contributed by atoms with Crippen LogP contribution >= 0.6 is 11.6 Å². The molecule has 0 spiro atoms. The highest BCUT2D eigenvalue weighted by molar-refractivity contribution is 6.17. The van der Waals surface area contributed by atoms with Crippen molar-refractivity contribution >= 4 is 17.5 Å². The van der Waals surface area contributed by atoms with Crippen LogP contribution in [-0.4, -0.2) is 27.6 Å². The van der Waals surface area contributed by atoms with E-state index in [9.17, 15) is 4.79 Å². The normalized spacial score (nSPS) is 12.5. The molecule has 4 nitrogen and oxygen atoms in total. The van der Waals surface area contributed by atoms with Gasteiger partial charge in [-0.1, -0.05) is 6.92 Å². The van der Waals surface area contributed by atoms with Crippen molar-refractivity contribution < 1.29 is 4.79 Å². The molecule has 1 aromatic heterocycles. The molecule has 1 rings (SSSR count). The average Bonchev–Trinajstić information content (AvgIpc) is 2.59. The Bertz CT molecular complexity index is 362. The van der Waals surface area contributed by atoms with Crippen molar-refractivity contribution in [1.82, 2.24) is 15.1 Å². The minimum atomic E-state index is -0.0671. The molecule has 1 amide bonds. The monoisotopic (exact) mass is 243 g/mol. The van der Waals surface area contributed by atoms with Crippen LogP contribution in [0.2, 0.25) is 0 Å². The van der Waals surface area contributed by atoms with Gasteiger partial charge >= 0.3 is 0 Å². The fourth-order valence-electron chi connectivity index (χ4n) is 1.52. The summed E-state index contributed by atoms with van der Waals surface area (Å²) in [6.07, 6.45) is 3.28. The lowest BCUT2D eigenvalue weighted by molar-refractivity contribution is 0.0938. The predicted molar refractivity (Wildman–Crippen MR) is 64.9 cm³/mol. The smallest absolute Gasteiger partial charge is 0.254 e. The zero-order valence-electron chi connectivity index (χ0n) is 9.96. The highest BCUT2D eigenvalue weighted by Crippen LogP contribution is 2.07. The molecule has 1 N–H and O–H groups in total. The minimum absolute atomic E-state index is 0.0671. The summed E-state index contributed by atoms with van der Waals surface area (Å²) in [6, 6.07) is 0.0925. The van der Waals surface area contributed by atoms with Gasteiger partial charge in [-0.25, -0.2) is 0 Å². The minimum Gasteiger partial charge on any atom is -0.349 e. The third kappa shape index (κ3) is 3.23. The summed E-state index contributed by atoms with van der Waals surface area (Å²) < 4.78 is 1.67. The van der Waals surface area contributed by atoms with E-state index in [1.807, 2.05) is 20.9 Å². The van der Waals surface area contributed by atoms with Crippen LogP contribution < -0.4 is 5.32 Å². The first-order chi connectivity index (χ1) is 7.58. The second-order valence-electron chi connectivity index (χ2n) is 3.87. The first-order valence-corrected chi connectivity index (χ1v) is 6.01. The Morgan fingerprint density at radius 3 is 2.94 bits per heavy atom. The van der Waals surface area contributed by atoms with E-state index in [0.717, 1.165) is 18.5 Å². The van der Waals surface area contributed by atoms with E-state index < -0.39 is 0 Å². The zero-order chi connectivity index (χ0) is 12.1. The molecule has 1 aromatic rings. The molecule has 0 aliphatic carbocycles. The second kappa shape index (κ2) is 5.89. The molecule has 5 heteroatoms. The SMILES string of the molecule is CCc1nn(C)cc1C(=O)NC(C)CCCl. The molecule has 0 saturated carbocycles. The third-order valence-electron chi connectivity index (χ3n) is 2.40. The Balaban J connectivity index is 2.72. The number of hydrogen-bond acceptors (Lipinski definition) is 2. The molecule has 0 fully saturated rings. The van der Waals surface area contributed by atoms with Gasteiger partial charge in [-0.15, -0.1) is 11.6 Å². The van der Waals surface area contributed by atoms with Crippen LogP contribution in [0, 0.1) is 0 Å². The first kappa shape index (κ1) is 13.0. The lowest BCUT2D eigenvalue weighted by Gasteiger charge is -2.11. The summed E-state index contributed by atoms with van der Waals surface area (Å²) in [5.41, 5.74) is 1.49. The fraction of sp³-hybridized carbons (Fsp3) is 0.636. The summed E-state index contributed by atoms with van der Waals surface area (Å²) in [6.45, 7) is 3.93. The van der Waals surface area contributed by atoms with Crippen molar-refractivity contribution in [2.45, 2.75) is 32.7 Å². The molecular weight excluding hydrogens is 226 g/mol. The number of alkyl halides is 1. The molecule has 1 atom stereocenters. The lowest BCUT2D eigenvalue weighted by atomic mass is 10.2. The number of carbonyl (C=O) groups excluding carboxylic acids is 1. The zero-order valence-corrected chi connectivity index (χ0v) is 10.7. The Morgan fingerprint density at radius 2 is 2.38 bits per heavy atom. The Kier molecular flexibility index (Phi) is 4.80. The number of nitrogens with zero attached hydrogens (tertiary/aromatic N) is 2. The van der Waals surface area contributed by atoms with Crippen molar-refractivity contribution in [3.05, 3.63) is 17.5 Å². The number of aromatic nitrogens is 2. The molecule has 0 saturated heterocycles. The van der Waals surface area contributed by atoms with Crippen molar-refractivity contribution in [3.8, 4) is 0 Å². The second-order valence-corrected chi connectivity index (χ2v) is 4.25. The largest absolute Gasteiger partial charge is 0.349 e. The molecule has 90 valence electrons. The molecule has 1 heterocycles. The maximum atomic E-state index is 11.9. The fourth-order valence-corrected chi connectivity index (χ4v) is 1.85. The van der Waals surface area contributed by atoms with Gasteiger partial charge in [0.15, 0.2) is 0 Å². The highest BCUT2D eigenvalue weighted by atomic mass is 35.5. The molecule has 0 aromatic carbocycles. The van der Waals surface area contributed by atoms with Crippen LogP contribution in [0.5, 0.6) is 0 Å². The van der Waals surface area contributed by atoms with Gasteiger partial charge in [0.05, 0.1) is 11.3 Å². The van der Waals surface area contributed by atoms with Crippen molar-refractivity contribution in [2.24, 2.45) is 7.05 Å². The summed E-state index contributed by atoms with van der Waals surface area (Å²) in [5, 5.41) is 7.14. The van der Waals surface area contributed by atoms with Crippen molar-refractivity contribution in [3.63, 3.8) is 0 Å². The van der Waals surface area contributed by atoms with Gasteiger partial charge in [-0.3, -0.25) is 9.48 Å². The number of amides is 1. The molecular formula is C11H18ClN3O. The van der Waals surface area contributed by atoms with Gasteiger partial charge in [-0.2, -0.15) is 5.10 Å².